The van der Waals surface area contributed by atoms with Crippen LogP contribution < -0.4 is 4.72 Å². The largest absolute Gasteiger partial charge is 0.263 e. The summed E-state index contributed by atoms with van der Waals surface area (Å²) in [7, 11) is -3.63. The normalized spacial score (nSPS) is 17.5. The number of hydrogen-bond donors (Lipinski definition) is 1. The van der Waals surface area contributed by atoms with Crippen molar-refractivity contribution >= 4 is 15.9 Å². The summed E-state index contributed by atoms with van der Waals surface area (Å²) in [6.07, 6.45) is 0. The molecule has 1 N–H and O–H groups in total. The van der Waals surface area contributed by atoms with Crippen LogP contribution in [0.15, 0.2) is 52.4 Å². The highest BCUT2D eigenvalue weighted by atomic mass is 32.2. The first-order chi connectivity index (χ1) is 9.97. The van der Waals surface area contributed by atoms with Crippen molar-refractivity contribution in [2.45, 2.75) is 11.4 Å². The lowest BCUT2D eigenvalue weighted by molar-refractivity contribution is 0.585. The first-order valence-electron chi connectivity index (χ1n) is 6.08. The maximum atomic E-state index is 13.5. The van der Waals surface area contributed by atoms with E-state index in [2.05, 4.69) is 9.71 Å². The van der Waals surface area contributed by atoms with E-state index >= 15 is 0 Å². The number of rotatable bonds is 2. The van der Waals surface area contributed by atoms with E-state index in [4.69, 9.17) is 0 Å². The first kappa shape index (κ1) is 13.7. The molecule has 0 radical (unpaired) electrons. The Kier molecular flexibility index (Phi) is 3.21. The summed E-state index contributed by atoms with van der Waals surface area (Å²) in [5.41, 5.74) is 0.486. The summed E-state index contributed by atoms with van der Waals surface area (Å²) < 4.78 is 52.6. The molecule has 1 heterocycles. The zero-order valence-electron chi connectivity index (χ0n) is 10.7. The second kappa shape index (κ2) is 4.92. The van der Waals surface area contributed by atoms with Crippen LogP contribution in [0.4, 0.5) is 8.78 Å². The fourth-order valence-corrected chi connectivity index (χ4v) is 3.33. The summed E-state index contributed by atoms with van der Waals surface area (Å²) in [6.45, 7) is -0.157. The summed E-state index contributed by atoms with van der Waals surface area (Å²) >= 11 is 0. The summed E-state index contributed by atoms with van der Waals surface area (Å²) in [6, 6.07) is 9.41. The molecule has 0 atom stereocenters. The van der Waals surface area contributed by atoms with Crippen LogP contribution in [0, 0.1) is 11.6 Å². The van der Waals surface area contributed by atoms with Crippen molar-refractivity contribution in [3.63, 3.8) is 0 Å². The van der Waals surface area contributed by atoms with Crippen molar-refractivity contribution in [3.8, 4) is 0 Å². The van der Waals surface area contributed by atoms with Gasteiger partial charge in [-0.3, -0.25) is 9.71 Å². The van der Waals surface area contributed by atoms with Gasteiger partial charge in [0.2, 0.25) is 0 Å². The van der Waals surface area contributed by atoms with Gasteiger partial charge in [0.05, 0.1) is 11.4 Å². The Balaban J connectivity index is 1.97. The Labute approximate surface area is 120 Å². The van der Waals surface area contributed by atoms with E-state index in [1.165, 1.54) is 6.07 Å². The summed E-state index contributed by atoms with van der Waals surface area (Å²) in [5, 5.41) is 0. The van der Waals surface area contributed by atoms with Gasteiger partial charge in [-0.05, 0) is 30.3 Å². The molecule has 3 rings (SSSR count). The third-order valence-corrected chi connectivity index (χ3v) is 4.48. The molecule has 4 nitrogen and oxygen atoms in total. The minimum Gasteiger partial charge on any atom is -0.263 e. The van der Waals surface area contributed by atoms with E-state index in [1.54, 1.807) is 18.2 Å². The van der Waals surface area contributed by atoms with Gasteiger partial charge in [-0.15, -0.1) is 0 Å². The first-order valence-corrected chi connectivity index (χ1v) is 7.56. The highest BCUT2D eigenvalue weighted by molar-refractivity contribution is 7.90. The smallest absolute Gasteiger partial charge is 0.263 e. The Hall–Kier alpha value is -2.28. The van der Waals surface area contributed by atoms with E-state index in [-0.39, 0.29) is 22.8 Å². The minimum atomic E-state index is -3.63. The number of sulfonamides is 1. The van der Waals surface area contributed by atoms with Gasteiger partial charge in [-0.2, -0.15) is 0 Å². The predicted octanol–water partition coefficient (Wildman–Crippen LogP) is 2.20. The van der Waals surface area contributed by atoms with Gasteiger partial charge in [0.25, 0.3) is 10.0 Å². The van der Waals surface area contributed by atoms with Gasteiger partial charge in [0.1, 0.15) is 17.5 Å². The molecular weight excluding hydrogens is 298 g/mol. The Morgan fingerprint density at radius 3 is 2.67 bits per heavy atom. The number of fused-ring (bicyclic) bond motifs is 1. The quantitative estimate of drug-likeness (QED) is 0.924. The lowest BCUT2D eigenvalue weighted by atomic mass is 10.2. The van der Waals surface area contributed by atoms with Gasteiger partial charge in [-0.25, -0.2) is 17.2 Å². The molecule has 0 fully saturated rings. The lowest BCUT2D eigenvalue weighted by Crippen LogP contribution is -2.22. The third-order valence-electron chi connectivity index (χ3n) is 3.08. The number of nitrogens with zero attached hydrogens (tertiary/aromatic N) is 1. The highest BCUT2D eigenvalue weighted by Gasteiger charge is 2.29. The second-order valence-corrected chi connectivity index (χ2v) is 6.15. The van der Waals surface area contributed by atoms with Crippen LogP contribution in [0.2, 0.25) is 0 Å². The monoisotopic (exact) mass is 308 g/mol. The van der Waals surface area contributed by atoms with Crippen LogP contribution >= 0.6 is 0 Å². The Bertz CT molecular complexity index is 848. The lowest BCUT2D eigenvalue weighted by Gasteiger charge is -2.02. The van der Waals surface area contributed by atoms with E-state index in [0.717, 1.165) is 18.2 Å². The molecule has 0 amide bonds. The molecule has 0 aromatic heterocycles. The van der Waals surface area contributed by atoms with Crippen molar-refractivity contribution in [2.24, 2.45) is 4.99 Å². The fraction of sp³-hybridized carbons (Fsp3) is 0.0714. The van der Waals surface area contributed by atoms with Crippen molar-refractivity contribution < 1.29 is 17.2 Å². The SMILES string of the molecule is O=S1(=O)NC(=NCc2cc(F)ccc2F)c2ccccc21. The van der Waals surface area contributed by atoms with E-state index in [0.29, 0.717) is 5.56 Å². The standard InChI is InChI=1S/C14H10F2N2O2S/c15-10-5-6-12(16)9(7-10)8-17-14-11-3-1-2-4-13(11)21(19,20)18-14/h1-7H,8H2,(H,17,18). The molecular formula is C14H10F2N2O2S. The van der Waals surface area contributed by atoms with Gasteiger partial charge in [-0.1, -0.05) is 12.1 Å². The molecule has 0 unspecified atom stereocenters. The maximum absolute atomic E-state index is 13.5. The molecule has 21 heavy (non-hydrogen) atoms. The number of benzene rings is 2. The Morgan fingerprint density at radius 1 is 1.10 bits per heavy atom. The molecule has 0 saturated heterocycles. The van der Waals surface area contributed by atoms with Crippen LogP contribution in [0.3, 0.4) is 0 Å². The third kappa shape index (κ3) is 2.52. The van der Waals surface area contributed by atoms with Crippen molar-refractivity contribution in [1.82, 2.24) is 4.72 Å². The van der Waals surface area contributed by atoms with Crippen LogP contribution in [-0.4, -0.2) is 14.3 Å². The van der Waals surface area contributed by atoms with E-state index in [9.17, 15) is 17.2 Å². The van der Waals surface area contributed by atoms with Crippen LogP contribution in [0.25, 0.3) is 0 Å². The summed E-state index contributed by atoms with van der Waals surface area (Å²) in [4.78, 5) is 4.18. The van der Waals surface area contributed by atoms with E-state index < -0.39 is 21.7 Å². The van der Waals surface area contributed by atoms with Gasteiger partial charge < -0.3 is 0 Å². The topological polar surface area (TPSA) is 58.5 Å². The maximum Gasteiger partial charge on any atom is 0.263 e. The molecule has 108 valence electrons. The number of nitrogens with one attached hydrogen (secondary N) is 1. The van der Waals surface area contributed by atoms with Crippen LogP contribution in [-0.2, 0) is 16.6 Å². The number of aliphatic imine (C=N–C) groups is 1. The Morgan fingerprint density at radius 2 is 1.86 bits per heavy atom. The zero-order chi connectivity index (χ0) is 15.0. The molecule has 0 spiro atoms. The molecule has 2 aromatic carbocycles. The highest BCUT2D eigenvalue weighted by Crippen LogP contribution is 2.22. The van der Waals surface area contributed by atoms with Crippen molar-refractivity contribution in [1.29, 1.82) is 0 Å². The molecule has 2 aromatic rings. The van der Waals surface area contributed by atoms with Crippen LogP contribution in [0.1, 0.15) is 11.1 Å². The number of halogens is 2. The van der Waals surface area contributed by atoms with Crippen molar-refractivity contribution in [2.75, 3.05) is 0 Å². The average molecular weight is 308 g/mol. The zero-order valence-corrected chi connectivity index (χ0v) is 11.5. The van der Waals surface area contributed by atoms with Crippen LogP contribution in [0.5, 0.6) is 0 Å². The fourth-order valence-electron chi connectivity index (χ4n) is 2.08. The minimum absolute atomic E-state index is 0.0612. The van der Waals surface area contributed by atoms with Gasteiger partial charge >= 0.3 is 0 Å². The summed E-state index contributed by atoms with van der Waals surface area (Å²) in [5.74, 6) is -1.02. The molecule has 0 bridgehead atoms. The van der Waals surface area contributed by atoms with Gasteiger partial charge in [0.15, 0.2) is 0 Å². The predicted molar refractivity (Wildman–Crippen MR) is 73.4 cm³/mol. The second-order valence-electron chi connectivity index (χ2n) is 4.50. The molecule has 7 heteroatoms. The number of hydrogen-bond acceptors (Lipinski definition) is 3. The van der Waals surface area contributed by atoms with Crippen molar-refractivity contribution in [3.05, 3.63) is 65.2 Å². The van der Waals surface area contributed by atoms with Gasteiger partial charge in [0, 0.05) is 11.1 Å². The molecule has 1 aliphatic heterocycles. The average Bonchev–Trinajstić information content (AvgIpc) is 2.72. The molecule has 0 aliphatic carbocycles. The number of amidine groups is 1. The molecule has 0 saturated carbocycles. The van der Waals surface area contributed by atoms with E-state index in [1.807, 2.05) is 0 Å². The molecule has 1 aliphatic rings.